The molecule has 0 fully saturated rings. The second kappa shape index (κ2) is 6.15. The number of phenols is 2. The standard InChI is InChI=1S/C16H17ClN2O3/c1-8-6-14(15(18-10(3)20)9(2)16(8)22)19-13-5-4-11(21)7-12(13)17/h4-7,19,21-22H,1-3H3,(H,18,20). The Morgan fingerprint density at radius 2 is 1.82 bits per heavy atom. The zero-order valence-corrected chi connectivity index (χ0v) is 13.2. The van der Waals surface area contributed by atoms with Crippen molar-refractivity contribution in [3.8, 4) is 11.5 Å². The SMILES string of the molecule is CC(=O)Nc1c(Nc2ccc(O)cc2Cl)cc(C)c(O)c1C. The molecule has 0 aromatic heterocycles. The monoisotopic (exact) mass is 320 g/mol. The molecule has 116 valence electrons. The van der Waals surface area contributed by atoms with E-state index in [-0.39, 0.29) is 17.4 Å². The molecule has 2 rings (SSSR count). The maximum atomic E-state index is 11.4. The van der Waals surface area contributed by atoms with Crippen LogP contribution in [-0.4, -0.2) is 16.1 Å². The van der Waals surface area contributed by atoms with Crippen molar-refractivity contribution >= 4 is 34.6 Å². The summed E-state index contributed by atoms with van der Waals surface area (Å²) in [6, 6.07) is 6.28. The fraction of sp³-hybridized carbons (Fsp3) is 0.188. The number of aromatic hydroxyl groups is 2. The summed E-state index contributed by atoms with van der Waals surface area (Å²) in [6.07, 6.45) is 0. The van der Waals surface area contributed by atoms with E-state index < -0.39 is 0 Å². The van der Waals surface area contributed by atoms with Crippen molar-refractivity contribution in [1.29, 1.82) is 0 Å². The first-order chi connectivity index (χ1) is 10.3. The molecule has 6 heteroatoms. The Hall–Kier alpha value is -2.40. The summed E-state index contributed by atoms with van der Waals surface area (Å²) >= 11 is 6.09. The number of hydrogen-bond acceptors (Lipinski definition) is 4. The van der Waals surface area contributed by atoms with Gasteiger partial charge in [-0.1, -0.05) is 11.6 Å². The van der Waals surface area contributed by atoms with Crippen LogP contribution in [0.4, 0.5) is 17.1 Å². The molecular formula is C16H17ClN2O3. The molecule has 4 N–H and O–H groups in total. The number of halogens is 1. The van der Waals surface area contributed by atoms with Crippen molar-refractivity contribution in [2.75, 3.05) is 10.6 Å². The van der Waals surface area contributed by atoms with Gasteiger partial charge >= 0.3 is 0 Å². The van der Waals surface area contributed by atoms with E-state index in [1.54, 1.807) is 26.0 Å². The minimum Gasteiger partial charge on any atom is -0.508 e. The number of phenolic OH excluding ortho intramolecular Hbond substituents is 2. The van der Waals surface area contributed by atoms with E-state index in [2.05, 4.69) is 10.6 Å². The van der Waals surface area contributed by atoms with Crippen LogP contribution in [0.1, 0.15) is 18.1 Å². The van der Waals surface area contributed by atoms with Gasteiger partial charge in [-0.05, 0) is 37.6 Å². The summed E-state index contributed by atoms with van der Waals surface area (Å²) in [5.74, 6) is -0.0481. The van der Waals surface area contributed by atoms with Crippen molar-refractivity contribution in [3.63, 3.8) is 0 Å². The van der Waals surface area contributed by atoms with Crippen molar-refractivity contribution in [2.45, 2.75) is 20.8 Å². The highest BCUT2D eigenvalue weighted by atomic mass is 35.5. The molecule has 0 atom stereocenters. The molecule has 5 nitrogen and oxygen atoms in total. The van der Waals surface area contributed by atoms with Gasteiger partial charge in [-0.15, -0.1) is 0 Å². The Morgan fingerprint density at radius 3 is 2.41 bits per heavy atom. The summed E-state index contributed by atoms with van der Waals surface area (Å²) in [5.41, 5.74) is 2.91. The number of aryl methyl sites for hydroxylation is 1. The predicted molar refractivity (Wildman–Crippen MR) is 88.3 cm³/mol. The van der Waals surface area contributed by atoms with Crippen LogP contribution in [0, 0.1) is 13.8 Å². The van der Waals surface area contributed by atoms with Gasteiger partial charge in [0, 0.05) is 18.6 Å². The Labute approximate surface area is 133 Å². The molecule has 22 heavy (non-hydrogen) atoms. The Kier molecular flexibility index (Phi) is 4.47. The topological polar surface area (TPSA) is 81.6 Å². The van der Waals surface area contributed by atoms with Gasteiger partial charge in [-0.2, -0.15) is 0 Å². The second-order valence-electron chi connectivity index (χ2n) is 5.06. The molecule has 0 heterocycles. The van der Waals surface area contributed by atoms with E-state index in [1.165, 1.54) is 19.1 Å². The maximum absolute atomic E-state index is 11.4. The zero-order valence-electron chi connectivity index (χ0n) is 12.5. The Bertz CT molecular complexity index is 745. The Balaban J connectivity index is 2.51. The van der Waals surface area contributed by atoms with E-state index >= 15 is 0 Å². The minimum absolute atomic E-state index is 0.0655. The quantitative estimate of drug-likeness (QED) is 0.643. The summed E-state index contributed by atoms with van der Waals surface area (Å²) < 4.78 is 0. The summed E-state index contributed by atoms with van der Waals surface area (Å²) in [5, 5.41) is 25.6. The van der Waals surface area contributed by atoms with Crippen LogP contribution >= 0.6 is 11.6 Å². The van der Waals surface area contributed by atoms with E-state index in [4.69, 9.17) is 11.6 Å². The molecule has 2 aromatic carbocycles. The van der Waals surface area contributed by atoms with E-state index in [0.29, 0.717) is 33.2 Å². The first-order valence-electron chi connectivity index (χ1n) is 6.66. The summed E-state index contributed by atoms with van der Waals surface area (Å²) in [7, 11) is 0. The van der Waals surface area contributed by atoms with Gasteiger partial charge in [0.05, 0.1) is 22.1 Å². The van der Waals surface area contributed by atoms with Crippen LogP contribution in [0.25, 0.3) is 0 Å². The summed E-state index contributed by atoms with van der Waals surface area (Å²) in [4.78, 5) is 11.4. The lowest BCUT2D eigenvalue weighted by molar-refractivity contribution is -0.114. The lowest BCUT2D eigenvalue weighted by Crippen LogP contribution is -2.10. The van der Waals surface area contributed by atoms with Crippen LogP contribution in [0.5, 0.6) is 11.5 Å². The number of carbonyl (C=O) groups excluding carboxylic acids is 1. The number of amides is 1. The van der Waals surface area contributed by atoms with Crippen LogP contribution in [0.2, 0.25) is 5.02 Å². The van der Waals surface area contributed by atoms with Crippen LogP contribution < -0.4 is 10.6 Å². The molecule has 0 unspecified atom stereocenters. The fourth-order valence-corrected chi connectivity index (χ4v) is 2.38. The maximum Gasteiger partial charge on any atom is 0.221 e. The number of hydrogen-bond donors (Lipinski definition) is 4. The predicted octanol–water partition coefficient (Wildman–Crippen LogP) is 4.07. The average molecular weight is 321 g/mol. The molecule has 0 saturated carbocycles. The first kappa shape index (κ1) is 16.0. The third kappa shape index (κ3) is 3.26. The van der Waals surface area contributed by atoms with Gasteiger partial charge in [-0.25, -0.2) is 0 Å². The second-order valence-corrected chi connectivity index (χ2v) is 5.47. The van der Waals surface area contributed by atoms with Crippen LogP contribution in [0.15, 0.2) is 24.3 Å². The number of carbonyl (C=O) groups is 1. The highest BCUT2D eigenvalue weighted by Gasteiger charge is 2.15. The Morgan fingerprint density at radius 1 is 1.14 bits per heavy atom. The molecular weight excluding hydrogens is 304 g/mol. The van der Waals surface area contributed by atoms with Gasteiger partial charge in [0.2, 0.25) is 5.91 Å². The average Bonchev–Trinajstić information content (AvgIpc) is 2.43. The highest BCUT2D eigenvalue weighted by molar-refractivity contribution is 6.33. The molecule has 0 aliphatic rings. The smallest absolute Gasteiger partial charge is 0.221 e. The van der Waals surface area contributed by atoms with E-state index in [9.17, 15) is 15.0 Å². The van der Waals surface area contributed by atoms with Gasteiger partial charge in [-0.3, -0.25) is 4.79 Å². The molecule has 2 aromatic rings. The van der Waals surface area contributed by atoms with Crippen LogP contribution in [-0.2, 0) is 4.79 Å². The van der Waals surface area contributed by atoms with Crippen molar-refractivity contribution in [3.05, 3.63) is 40.4 Å². The zero-order chi connectivity index (χ0) is 16.4. The van der Waals surface area contributed by atoms with E-state index in [0.717, 1.165) is 0 Å². The van der Waals surface area contributed by atoms with Gasteiger partial charge < -0.3 is 20.8 Å². The number of nitrogens with one attached hydrogen (secondary N) is 2. The van der Waals surface area contributed by atoms with E-state index in [1.807, 2.05) is 0 Å². The third-order valence-electron chi connectivity index (χ3n) is 3.26. The summed E-state index contributed by atoms with van der Waals surface area (Å²) in [6.45, 7) is 4.88. The molecule has 0 aliphatic carbocycles. The third-order valence-corrected chi connectivity index (χ3v) is 3.57. The largest absolute Gasteiger partial charge is 0.508 e. The van der Waals surface area contributed by atoms with Crippen LogP contribution in [0.3, 0.4) is 0 Å². The number of benzene rings is 2. The molecule has 0 aliphatic heterocycles. The van der Waals surface area contributed by atoms with Gasteiger partial charge in [0.15, 0.2) is 0 Å². The van der Waals surface area contributed by atoms with Gasteiger partial charge in [0.25, 0.3) is 0 Å². The molecule has 1 amide bonds. The molecule has 0 spiro atoms. The number of anilines is 3. The fourth-order valence-electron chi connectivity index (χ4n) is 2.16. The first-order valence-corrected chi connectivity index (χ1v) is 7.03. The van der Waals surface area contributed by atoms with Gasteiger partial charge in [0.1, 0.15) is 11.5 Å². The molecule has 0 saturated heterocycles. The molecule has 0 bridgehead atoms. The number of rotatable bonds is 3. The van der Waals surface area contributed by atoms with Crippen molar-refractivity contribution in [2.24, 2.45) is 0 Å². The lowest BCUT2D eigenvalue weighted by atomic mass is 10.1. The molecule has 0 radical (unpaired) electrons. The normalized spacial score (nSPS) is 10.4. The van der Waals surface area contributed by atoms with Crippen molar-refractivity contribution in [1.82, 2.24) is 0 Å². The minimum atomic E-state index is -0.244. The van der Waals surface area contributed by atoms with Crippen molar-refractivity contribution < 1.29 is 15.0 Å². The highest BCUT2D eigenvalue weighted by Crippen LogP contribution is 2.38. The lowest BCUT2D eigenvalue weighted by Gasteiger charge is -2.18.